The number of halogens is 2. The maximum atomic E-state index is 6.09. The normalized spacial score (nSPS) is 11.4. The fourth-order valence-corrected chi connectivity index (χ4v) is 3.90. The molecule has 0 fully saturated rings. The molecule has 1 aromatic heterocycles. The fraction of sp³-hybridized carbons (Fsp3) is 0. The van der Waals surface area contributed by atoms with Crippen LogP contribution in [0.3, 0.4) is 0 Å². The van der Waals surface area contributed by atoms with E-state index in [9.17, 15) is 0 Å². The van der Waals surface area contributed by atoms with E-state index in [1.807, 2.05) is 30.3 Å². The Morgan fingerprint density at radius 1 is 0.818 bits per heavy atom. The molecule has 4 aromatic rings. The second-order valence-electron chi connectivity index (χ2n) is 5.13. The van der Waals surface area contributed by atoms with Crippen LogP contribution in [-0.2, 0) is 0 Å². The zero-order valence-corrected chi connectivity index (χ0v) is 14.6. The summed E-state index contributed by atoms with van der Waals surface area (Å²) in [4.78, 5) is 0. The predicted octanol–water partition coefficient (Wildman–Crippen LogP) is 6.36. The van der Waals surface area contributed by atoms with Crippen LogP contribution in [0.5, 0.6) is 0 Å². The van der Waals surface area contributed by atoms with Crippen LogP contribution in [0.4, 0.5) is 5.69 Å². The minimum atomic E-state index is 0.695. The Morgan fingerprint density at radius 2 is 1.50 bits per heavy atom. The zero-order chi connectivity index (χ0) is 15.3. The van der Waals surface area contributed by atoms with E-state index < -0.39 is 0 Å². The Kier molecular flexibility index (Phi) is 3.24. The van der Waals surface area contributed by atoms with Crippen LogP contribution in [0.15, 0.2) is 68.0 Å². The standard InChI is InChI=1S/C18H11Br2NO/c19-14-8-10(9-15(20)17(14)21)11-5-3-6-13-12-4-1-2-7-16(12)22-18(11)13/h1-9H,21H2. The first-order chi connectivity index (χ1) is 10.6. The van der Waals surface area contributed by atoms with Crippen LogP contribution in [0.25, 0.3) is 33.1 Å². The highest BCUT2D eigenvalue weighted by molar-refractivity contribution is 9.11. The van der Waals surface area contributed by atoms with E-state index in [0.717, 1.165) is 42.0 Å². The minimum absolute atomic E-state index is 0.695. The Balaban J connectivity index is 2.07. The van der Waals surface area contributed by atoms with Crippen molar-refractivity contribution in [2.45, 2.75) is 0 Å². The van der Waals surface area contributed by atoms with E-state index in [1.165, 1.54) is 0 Å². The van der Waals surface area contributed by atoms with Crippen molar-refractivity contribution in [1.82, 2.24) is 0 Å². The molecule has 3 aromatic carbocycles. The lowest BCUT2D eigenvalue weighted by atomic mass is 10.0. The molecule has 0 aliphatic rings. The fourth-order valence-electron chi connectivity index (χ4n) is 2.71. The topological polar surface area (TPSA) is 39.2 Å². The number of furan rings is 1. The zero-order valence-electron chi connectivity index (χ0n) is 11.4. The highest BCUT2D eigenvalue weighted by Gasteiger charge is 2.13. The number of anilines is 1. The maximum absolute atomic E-state index is 6.09. The first-order valence-electron chi connectivity index (χ1n) is 6.80. The van der Waals surface area contributed by atoms with E-state index in [4.69, 9.17) is 10.2 Å². The van der Waals surface area contributed by atoms with Crippen molar-refractivity contribution in [1.29, 1.82) is 0 Å². The molecular formula is C18H11Br2NO. The highest BCUT2D eigenvalue weighted by atomic mass is 79.9. The number of hydrogen-bond donors (Lipinski definition) is 1. The van der Waals surface area contributed by atoms with Gasteiger partial charge in [0.1, 0.15) is 11.2 Å². The molecule has 0 radical (unpaired) electrons. The smallest absolute Gasteiger partial charge is 0.143 e. The molecule has 0 saturated carbocycles. The maximum Gasteiger partial charge on any atom is 0.143 e. The number of hydrogen-bond acceptors (Lipinski definition) is 2. The van der Waals surface area contributed by atoms with Crippen LogP contribution in [-0.4, -0.2) is 0 Å². The van der Waals surface area contributed by atoms with Crippen LogP contribution in [0.1, 0.15) is 0 Å². The quantitative estimate of drug-likeness (QED) is 0.366. The third-order valence-electron chi connectivity index (χ3n) is 3.79. The molecule has 0 amide bonds. The predicted molar refractivity (Wildman–Crippen MR) is 99.0 cm³/mol. The van der Waals surface area contributed by atoms with Crippen molar-refractivity contribution in [2.75, 3.05) is 5.73 Å². The lowest BCUT2D eigenvalue weighted by molar-refractivity contribution is 0.670. The third-order valence-corrected chi connectivity index (χ3v) is 5.11. The van der Waals surface area contributed by atoms with E-state index in [2.05, 4.69) is 56.1 Å². The summed E-state index contributed by atoms with van der Waals surface area (Å²) in [5.74, 6) is 0. The van der Waals surface area contributed by atoms with Crippen molar-refractivity contribution in [3.05, 3.63) is 63.5 Å². The molecule has 2 N–H and O–H groups in total. The number of nitrogen functional groups attached to an aromatic ring is 1. The van der Waals surface area contributed by atoms with Crippen LogP contribution in [0, 0.1) is 0 Å². The van der Waals surface area contributed by atoms with Gasteiger partial charge in [-0.1, -0.05) is 36.4 Å². The lowest BCUT2D eigenvalue weighted by Crippen LogP contribution is -1.89. The van der Waals surface area contributed by atoms with Crippen molar-refractivity contribution >= 4 is 59.5 Å². The number of rotatable bonds is 1. The van der Waals surface area contributed by atoms with Gasteiger partial charge < -0.3 is 10.2 Å². The first kappa shape index (κ1) is 13.9. The van der Waals surface area contributed by atoms with Gasteiger partial charge in [0.15, 0.2) is 0 Å². The number of para-hydroxylation sites is 2. The van der Waals surface area contributed by atoms with E-state index >= 15 is 0 Å². The molecule has 4 heteroatoms. The molecule has 1 heterocycles. The summed E-state index contributed by atoms with van der Waals surface area (Å²) < 4.78 is 7.82. The summed E-state index contributed by atoms with van der Waals surface area (Å²) in [6, 6.07) is 18.3. The van der Waals surface area contributed by atoms with E-state index in [0.29, 0.717) is 5.69 Å². The van der Waals surface area contributed by atoms with Gasteiger partial charge in [-0.2, -0.15) is 0 Å². The van der Waals surface area contributed by atoms with Gasteiger partial charge in [0.05, 0.1) is 5.69 Å². The average Bonchev–Trinajstić information content (AvgIpc) is 2.90. The van der Waals surface area contributed by atoms with Crippen molar-refractivity contribution < 1.29 is 4.42 Å². The third kappa shape index (κ3) is 2.06. The monoisotopic (exact) mass is 415 g/mol. The number of benzene rings is 3. The molecule has 22 heavy (non-hydrogen) atoms. The molecule has 0 bridgehead atoms. The SMILES string of the molecule is Nc1c(Br)cc(-c2cccc3c2oc2ccccc23)cc1Br. The molecule has 0 unspecified atom stereocenters. The van der Waals surface area contributed by atoms with Gasteiger partial charge in [0.2, 0.25) is 0 Å². The molecule has 108 valence electrons. The number of nitrogens with two attached hydrogens (primary N) is 1. The Morgan fingerprint density at radius 3 is 2.27 bits per heavy atom. The van der Waals surface area contributed by atoms with Crippen molar-refractivity contribution in [3.63, 3.8) is 0 Å². The van der Waals surface area contributed by atoms with Crippen LogP contribution < -0.4 is 5.73 Å². The summed E-state index contributed by atoms with van der Waals surface area (Å²) in [6.07, 6.45) is 0. The molecule has 0 atom stereocenters. The second kappa shape index (κ2) is 5.14. The van der Waals surface area contributed by atoms with Gasteiger partial charge in [-0.3, -0.25) is 0 Å². The van der Waals surface area contributed by atoms with E-state index in [1.54, 1.807) is 0 Å². The van der Waals surface area contributed by atoms with Crippen LogP contribution >= 0.6 is 31.9 Å². The van der Waals surface area contributed by atoms with Crippen LogP contribution in [0.2, 0.25) is 0 Å². The van der Waals surface area contributed by atoms with Gasteiger partial charge in [-0.15, -0.1) is 0 Å². The molecule has 0 saturated heterocycles. The molecule has 0 aliphatic carbocycles. The lowest BCUT2D eigenvalue weighted by Gasteiger charge is -2.07. The van der Waals surface area contributed by atoms with E-state index in [-0.39, 0.29) is 0 Å². The molecule has 0 spiro atoms. The molecule has 4 rings (SSSR count). The van der Waals surface area contributed by atoms with Crippen molar-refractivity contribution in [2.24, 2.45) is 0 Å². The van der Waals surface area contributed by atoms with Crippen molar-refractivity contribution in [3.8, 4) is 11.1 Å². The van der Waals surface area contributed by atoms with Gasteiger partial charge in [0.25, 0.3) is 0 Å². The number of fused-ring (bicyclic) bond motifs is 3. The van der Waals surface area contributed by atoms with Gasteiger partial charge in [-0.05, 0) is 55.6 Å². The first-order valence-corrected chi connectivity index (χ1v) is 8.39. The molecule has 2 nitrogen and oxygen atoms in total. The highest BCUT2D eigenvalue weighted by Crippen LogP contribution is 2.39. The Hall–Kier alpha value is -1.78. The Bertz CT molecular complexity index is 997. The average molecular weight is 417 g/mol. The summed E-state index contributed by atoms with van der Waals surface area (Å²) in [5, 5.41) is 2.25. The van der Waals surface area contributed by atoms with Gasteiger partial charge in [0, 0.05) is 25.3 Å². The molecule has 0 aliphatic heterocycles. The second-order valence-corrected chi connectivity index (χ2v) is 6.84. The van der Waals surface area contributed by atoms with Gasteiger partial charge >= 0.3 is 0 Å². The molecular weight excluding hydrogens is 406 g/mol. The Labute approximate surface area is 144 Å². The van der Waals surface area contributed by atoms with Gasteiger partial charge in [-0.25, -0.2) is 0 Å². The minimum Gasteiger partial charge on any atom is -0.455 e. The summed E-state index contributed by atoms with van der Waals surface area (Å²) >= 11 is 7.01. The largest absolute Gasteiger partial charge is 0.455 e. The summed E-state index contributed by atoms with van der Waals surface area (Å²) in [7, 11) is 0. The summed E-state index contributed by atoms with van der Waals surface area (Å²) in [6.45, 7) is 0. The summed E-state index contributed by atoms with van der Waals surface area (Å²) in [5.41, 5.74) is 10.6.